The predicted octanol–water partition coefficient (Wildman–Crippen LogP) is 2.09. The summed E-state index contributed by atoms with van der Waals surface area (Å²) >= 11 is 0. The van der Waals surface area contributed by atoms with Gasteiger partial charge in [0.2, 0.25) is 0 Å². The van der Waals surface area contributed by atoms with Crippen molar-refractivity contribution in [2.24, 2.45) is 0 Å². The van der Waals surface area contributed by atoms with Gasteiger partial charge in [0.1, 0.15) is 0 Å². The van der Waals surface area contributed by atoms with Crippen molar-refractivity contribution in [2.45, 2.75) is 39.2 Å². The highest BCUT2D eigenvalue weighted by Gasteiger charge is 2.25. The van der Waals surface area contributed by atoms with Crippen LogP contribution >= 0.6 is 0 Å². The lowest BCUT2D eigenvalue weighted by atomic mass is 10.2. The second kappa shape index (κ2) is 2.36. The lowest BCUT2D eigenvalue weighted by Gasteiger charge is -2.00. The molecule has 1 aliphatic rings. The number of nitrogens with zero attached hydrogens (tertiary/aromatic N) is 2. The zero-order valence-electron chi connectivity index (χ0n) is 7.17. The van der Waals surface area contributed by atoms with Crippen LogP contribution in [0.25, 0.3) is 0 Å². The van der Waals surface area contributed by atoms with E-state index in [9.17, 15) is 0 Å². The molecule has 0 N–H and O–H groups in total. The van der Waals surface area contributed by atoms with Gasteiger partial charge in [-0.05, 0) is 31.7 Å². The monoisotopic (exact) mass is 150 g/mol. The van der Waals surface area contributed by atoms with Gasteiger partial charge in [-0.1, -0.05) is 6.92 Å². The molecule has 0 aliphatic heterocycles. The Balaban J connectivity index is 2.33. The molecule has 2 heteroatoms. The van der Waals surface area contributed by atoms with Crippen molar-refractivity contribution in [2.75, 3.05) is 0 Å². The summed E-state index contributed by atoms with van der Waals surface area (Å²) in [4.78, 5) is 0. The molecule has 60 valence electrons. The second-order valence-electron chi connectivity index (χ2n) is 3.28. The Hall–Kier alpha value is -0.790. The molecule has 0 amide bonds. The van der Waals surface area contributed by atoms with Crippen LogP contribution in [0.5, 0.6) is 0 Å². The first-order valence-electron chi connectivity index (χ1n) is 4.36. The standard InChI is InChI=1S/C9H14N2/c1-3-8-6-10-11(7(8)2)9-4-5-9/h6,9H,3-5H2,1-2H3. The number of aromatic nitrogens is 2. The molecule has 0 aromatic carbocycles. The number of hydrogen-bond donors (Lipinski definition) is 0. The Morgan fingerprint density at radius 1 is 1.64 bits per heavy atom. The first kappa shape index (κ1) is 6.89. The Morgan fingerprint density at radius 3 is 2.82 bits per heavy atom. The fraction of sp³-hybridized carbons (Fsp3) is 0.667. The van der Waals surface area contributed by atoms with Gasteiger partial charge in [0, 0.05) is 5.69 Å². The molecule has 1 heterocycles. The van der Waals surface area contributed by atoms with Crippen LogP contribution in [0.3, 0.4) is 0 Å². The molecule has 1 aromatic heterocycles. The minimum Gasteiger partial charge on any atom is -0.267 e. The van der Waals surface area contributed by atoms with Crippen LogP contribution in [0.15, 0.2) is 6.20 Å². The Kier molecular flexibility index (Phi) is 1.48. The SMILES string of the molecule is CCc1cnn(C2CC2)c1C. The first-order valence-corrected chi connectivity index (χ1v) is 4.36. The topological polar surface area (TPSA) is 17.8 Å². The summed E-state index contributed by atoms with van der Waals surface area (Å²) in [7, 11) is 0. The van der Waals surface area contributed by atoms with E-state index in [4.69, 9.17) is 0 Å². The van der Waals surface area contributed by atoms with E-state index in [-0.39, 0.29) is 0 Å². The summed E-state index contributed by atoms with van der Waals surface area (Å²) in [6, 6.07) is 0.732. The molecule has 0 unspecified atom stereocenters. The molecule has 0 spiro atoms. The smallest absolute Gasteiger partial charge is 0.0524 e. The Bertz CT molecular complexity index is 259. The molecule has 1 aromatic rings. The van der Waals surface area contributed by atoms with E-state index in [1.807, 2.05) is 6.20 Å². The fourth-order valence-electron chi connectivity index (χ4n) is 1.49. The molecular weight excluding hydrogens is 136 g/mol. The number of hydrogen-bond acceptors (Lipinski definition) is 1. The van der Waals surface area contributed by atoms with E-state index < -0.39 is 0 Å². The lowest BCUT2D eigenvalue weighted by molar-refractivity contribution is 0.621. The zero-order valence-corrected chi connectivity index (χ0v) is 7.17. The van der Waals surface area contributed by atoms with Crippen LogP contribution in [0, 0.1) is 6.92 Å². The van der Waals surface area contributed by atoms with Gasteiger partial charge in [0.15, 0.2) is 0 Å². The van der Waals surface area contributed by atoms with E-state index >= 15 is 0 Å². The van der Waals surface area contributed by atoms with Gasteiger partial charge in [-0.2, -0.15) is 5.10 Å². The van der Waals surface area contributed by atoms with E-state index in [0.29, 0.717) is 0 Å². The van der Waals surface area contributed by atoms with Crippen LogP contribution in [0.1, 0.15) is 37.1 Å². The van der Waals surface area contributed by atoms with Crippen LogP contribution in [-0.4, -0.2) is 9.78 Å². The molecule has 0 radical (unpaired) electrons. The summed E-state index contributed by atoms with van der Waals surface area (Å²) in [5.41, 5.74) is 2.77. The van der Waals surface area contributed by atoms with Crippen molar-refractivity contribution in [1.82, 2.24) is 9.78 Å². The average molecular weight is 150 g/mol. The molecule has 1 aliphatic carbocycles. The molecule has 2 nitrogen and oxygen atoms in total. The van der Waals surface area contributed by atoms with Crippen LogP contribution < -0.4 is 0 Å². The van der Waals surface area contributed by atoms with Crippen molar-refractivity contribution >= 4 is 0 Å². The maximum absolute atomic E-state index is 4.37. The summed E-state index contributed by atoms with van der Waals surface area (Å²) < 4.78 is 2.18. The van der Waals surface area contributed by atoms with Crippen molar-refractivity contribution in [3.05, 3.63) is 17.5 Å². The summed E-state index contributed by atoms with van der Waals surface area (Å²) in [6.45, 7) is 4.35. The normalized spacial score (nSPS) is 17.3. The van der Waals surface area contributed by atoms with Crippen molar-refractivity contribution in [3.63, 3.8) is 0 Å². The summed E-state index contributed by atoms with van der Waals surface area (Å²) in [6.07, 6.45) is 5.77. The van der Waals surface area contributed by atoms with Crippen LogP contribution in [0.2, 0.25) is 0 Å². The molecule has 0 saturated heterocycles. The van der Waals surface area contributed by atoms with Gasteiger partial charge < -0.3 is 0 Å². The van der Waals surface area contributed by atoms with Gasteiger partial charge in [-0.15, -0.1) is 0 Å². The molecule has 1 saturated carbocycles. The lowest BCUT2D eigenvalue weighted by Crippen LogP contribution is -1.98. The quantitative estimate of drug-likeness (QED) is 0.631. The van der Waals surface area contributed by atoms with E-state index in [1.54, 1.807) is 0 Å². The third-order valence-corrected chi connectivity index (χ3v) is 2.42. The minimum absolute atomic E-state index is 0.732. The highest BCUT2D eigenvalue weighted by atomic mass is 15.3. The number of aryl methyl sites for hydroxylation is 1. The van der Waals surface area contributed by atoms with Gasteiger partial charge in [0.25, 0.3) is 0 Å². The van der Waals surface area contributed by atoms with Crippen molar-refractivity contribution < 1.29 is 0 Å². The predicted molar refractivity (Wildman–Crippen MR) is 44.6 cm³/mol. The molecule has 0 atom stereocenters. The van der Waals surface area contributed by atoms with Crippen molar-refractivity contribution in [1.29, 1.82) is 0 Å². The minimum atomic E-state index is 0.732. The number of rotatable bonds is 2. The van der Waals surface area contributed by atoms with E-state index in [0.717, 1.165) is 12.5 Å². The Labute approximate surface area is 67.2 Å². The van der Waals surface area contributed by atoms with Gasteiger partial charge in [-0.3, -0.25) is 4.68 Å². The largest absolute Gasteiger partial charge is 0.267 e. The summed E-state index contributed by atoms with van der Waals surface area (Å²) in [5.74, 6) is 0. The molecule has 0 bridgehead atoms. The maximum Gasteiger partial charge on any atom is 0.0524 e. The second-order valence-corrected chi connectivity index (χ2v) is 3.28. The van der Waals surface area contributed by atoms with Gasteiger partial charge >= 0.3 is 0 Å². The third kappa shape index (κ3) is 1.06. The average Bonchev–Trinajstić information content (AvgIpc) is 2.77. The Morgan fingerprint density at radius 2 is 2.36 bits per heavy atom. The van der Waals surface area contributed by atoms with E-state index in [1.165, 1.54) is 24.1 Å². The van der Waals surface area contributed by atoms with Gasteiger partial charge in [-0.25, -0.2) is 0 Å². The van der Waals surface area contributed by atoms with Crippen LogP contribution in [0.4, 0.5) is 0 Å². The van der Waals surface area contributed by atoms with E-state index in [2.05, 4.69) is 23.6 Å². The van der Waals surface area contributed by atoms with Crippen molar-refractivity contribution in [3.8, 4) is 0 Å². The highest BCUT2D eigenvalue weighted by molar-refractivity contribution is 5.17. The molecular formula is C9H14N2. The van der Waals surface area contributed by atoms with Crippen LogP contribution in [-0.2, 0) is 6.42 Å². The zero-order chi connectivity index (χ0) is 7.84. The highest BCUT2D eigenvalue weighted by Crippen LogP contribution is 2.35. The third-order valence-electron chi connectivity index (χ3n) is 2.42. The molecule has 2 rings (SSSR count). The maximum atomic E-state index is 4.37. The molecule has 11 heavy (non-hydrogen) atoms. The molecule has 1 fully saturated rings. The fourth-order valence-corrected chi connectivity index (χ4v) is 1.49. The first-order chi connectivity index (χ1) is 5.33. The van der Waals surface area contributed by atoms with Gasteiger partial charge in [0.05, 0.1) is 12.2 Å². The summed E-state index contributed by atoms with van der Waals surface area (Å²) in [5, 5.41) is 4.37.